The molecule has 1 amide bonds. The van der Waals surface area contributed by atoms with Crippen LogP contribution in [0.15, 0.2) is 42.5 Å². The van der Waals surface area contributed by atoms with Crippen LogP contribution in [0.4, 0.5) is 0 Å². The molecule has 0 aliphatic heterocycles. The predicted octanol–water partition coefficient (Wildman–Crippen LogP) is 3.22. The lowest BCUT2D eigenvalue weighted by Gasteiger charge is -2.11. The zero-order valence-corrected chi connectivity index (χ0v) is 13.3. The van der Waals surface area contributed by atoms with Crippen LogP contribution < -0.4 is 14.8 Å². The van der Waals surface area contributed by atoms with Crippen molar-refractivity contribution in [1.29, 1.82) is 0 Å². The Balaban J connectivity index is 2.00. The molecule has 5 heteroatoms. The first-order chi connectivity index (χ1) is 10.6. The molecular formula is C17H18ClNO3. The van der Waals surface area contributed by atoms with E-state index in [1.165, 1.54) is 0 Å². The summed E-state index contributed by atoms with van der Waals surface area (Å²) in [5.74, 6) is 1.33. The van der Waals surface area contributed by atoms with Gasteiger partial charge in [-0.25, -0.2) is 0 Å². The number of carbonyl (C=O) groups excluding carboxylic acids is 1. The molecule has 1 N–H and O–H groups in total. The maximum Gasteiger partial charge on any atom is 0.224 e. The van der Waals surface area contributed by atoms with Gasteiger partial charge in [-0.1, -0.05) is 29.8 Å². The summed E-state index contributed by atoms with van der Waals surface area (Å²) < 4.78 is 10.5. The fourth-order valence-electron chi connectivity index (χ4n) is 2.09. The van der Waals surface area contributed by atoms with Crippen molar-refractivity contribution in [2.75, 3.05) is 14.2 Å². The zero-order chi connectivity index (χ0) is 15.9. The average molecular weight is 320 g/mol. The minimum atomic E-state index is -0.0991. The number of methoxy groups -OCH3 is 2. The van der Waals surface area contributed by atoms with E-state index in [4.69, 9.17) is 21.1 Å². The second-order valence-electron chi connectivity index (χ2n) is 4.72. The summed E-state index contributed by atoms with van der Waals surface area (Å²) in [6.07, 6.45) is 0.242. The van der Waals surface area contributed by atoms with Crippen LogP contribution in [0.2, 0.25) is 5.02 Å². The van der Waals surface area contributed by atoms with Crippen LogP contribution in [0.1, 0.15) is 11.1 Å². The van der Waals surface area contributed by atoms with Crippen LogP contribution in [0.5, 0.6) is 11.5 Å². The van der Waals surface area contributed by atoms with Crippen molar-refractivity contribution in [3.05, 3.63) is 58.6 Å². The average Bonchev–Trinajstić information content (AvgIpc) is 2.54. The monoisotopic (exact) mass is 319 g/mol. The Morgan fingerprint density at radius 2 is 1.86 bits per heavy atom. The SMILES string of the molecule is COc1ccc(OC)c(CNC(=O)Cc2ccccc2Cl)c1. The molecule has 0 heterocycles. The number of hydrogen-bond donors (Lipinski definition) is 1. The molecule has 0 aliphatic rings. The molecule has 2 aromatic rings. The van der Waals surface area contributed by atoms with E-state index in [2.05, 4.69) is 5.32 Å². The molecule has 0 fully saturated rings. The van der Waals surface area contributed by atoms with E-state index in [0.717, 1.165) is 16.9 Å². The Kier molecular flexibility index (Phi) is 5.67. The van der Waals surface area contributed by atoms with Gasteiger partial charge in [0.05, 0.1) is 20.6 Å². The Morgan fingerprint density at radius 3 is 2.55 bits per heavy atom. The molecule has 0 aromatic heterocycles. The van der Waals surface area contributed by atoms with Gasteiger partial charge in [0, 0.05) is 17.1 Å². The summed E-state index contributed by atoms with van der Waals surface area (Å²) >= 11 is 6.06. The van der Waals surface area contributed by atoms with Crippen molar-refractivity contribution in [3.63, 3.8) is 0 Å². The third-order valence-corrected chi connectivity index (χ3v) is 3.64. The number of benzene rings is 2. The van der Waals surface area contributed by atoms with E-state index in [1.54, 1.807) is 20.3 Å². The van der Waals surface area contributed by atoms with Crippen molar-refractivity contribution < 1.29 is 14.3 Å². The molecule has 0 unspecified atom stereocenters. The lowest BCUT2D eigenvalue weighted by atomic mass is 10.1. The zero-order valence-electron chi connectivity index (χ0n) is 12.6. The van der Waals surface area contributed by atoms with Gasteiger partial charge in [0.1, 0.15) is 11.5 Å². The number of rotatable bonds is 6. The van der Waals surface area contributed by atoms with Crippen LogP contribution in [-0.2, 0) is 17.8 Å². The lowest BCUT2D eigenvalue weighted by molar-refractivity contribution is -0.120. The maximum atomic E-state index is 12.1. The van der Waals surface area contributed by atoms with Crippen molar-refractivity contribution in [1.82, 2.24) is 5.32 Å². The predicted molar refractivity (Wildman–Crippen MR) is 86.5 cm³/mol. The summed E-state index contributed by atoms with van der Waals surface area (Å²) in [7, 11) is 3.19. The van der Waals surface area contributed by atoms with Crippen LogP contribution in [-0.4, -0.2) is 20.1 Å². The highest BCUT2D eigenvalue weighted by molar-refractivity contribution is 6.31. The summed E-state index contributed by atoms with van der Waals surface area (Å²) in [5.41, 5.74) is 1.66. The van der Waals surface area contributed by atoms with Gasteiger partial charge in [-0.3, -0.25) is 4.79 Å². The van der Waals surface area contributed by atoms with Gasteiger partial charge in [0.15, 0.2) is 0 Å². The molecule has 4 nitrogen and oxygen atoms in total. The number of ether oxygens (including phenoxy) is 2. The Hall–Kier alpha value is -2.20. The summed E-state index contributed by atoms with van der Waals surface area (Å²) in [5, 5.41) is 3.46. The number of halogens is 1. The molecule has 0 saturated heterocycles. The molecular weight excluding hydrogens is 302 g/mol. The second-order valence-corrected chi connectivity index (χ2v) is 5.13. The molecule has 0 atom stereocenters. The number of carbonyl (C=O) groups is 1. The molecule has 0 bridgehead atoms. The highest BCUT2D eigenvalue weighted by Crippen LogP contribution is 2.23. The molecule has 2 rings (SSSR count). The largest absolute Gasteiger partial charge is 0.497 e. The molecule has 22 heavy (non-hydrogen) atoms. The molecule has 0 aliphatic carbocycles. The van der Waals surface area contributed by atoms with E-state index in [-0.39, 0.29) is 12.3 Å². The van der Waals surface area contributed by atoms with Crippen LogP contribution in [0, 0.1) is 0 Å². The van der Waals surface area contributed by atoms with Crippen LogP contribution >= 0.6 is 11.6 Å². The lowest BCUT2D eigenvalue weighted by Crippen LogP contribution is -2.24. The van der Waals surface area contributed by atoms with E-state index >= 15 is 0 Å². The van der Waals surface area contributed by atoms with Gasteiger partial charge in [-0.05, 0) is 29.8 Å². The Bertz CT molecular complexity index is 658. The summed E-state index contributed by atoms with van der Waals surface area (Å²) in [6, 6.07) is 12.8. The third-order valence-electron chi connectivity index (χ3n) is 3.27. The second kappa shape index (κ2) is 7.71. The number of amides is 1. The van der Waals surface area contributed by atoms with Crippen molar-refractivity contribution in [3.8, 4) is 11.5 Å². The smallest absolute Gasteiger partial charge is 0.224 e. The standard InChI is InChI=1S/C17H18ClNO3/c1-21-14-7-8-16(22-2)13(9-14)11-19-17(20)10-12-5-3-4-6-15(12)18/h3-9H,10-11H2,1-2H3,(H,19,20). The molecule has 0 spiro atoms. The Labute approximate surface area is 135 Å². The fourth-order valence-corrected chi connectivity index (χ4v) is 2.29. The highest BCUT2D eigenvalue weighted by Gasteiger charge is 2.09. The van der Waals surface area contributed by atoms with Gasteiger partial charge in [0.2, 0.25) is 5.91 Å². The normalized spacial score (nSPS) is 10.1. The number of nitrogens with one attached hydrogen (secondary N) is 1. The topological polar surface area (TPSA) is 47.6 Å². The minimum Gasteiger partial charge on any atom is -0.497 e. The van der Waals surface area contributed by atoms with E-state index < -0.39 is 0 Å². The Morgan fingerprint density at radius 1 is 1.09 bits per heavy atom. The van der Waals surface area contributed by atoms with Crippen molar-refractivity contribution in [2.24, 2.45) is 0 Å². The van der Waals surface area contributed by atoms with E-state index in [0.29, 0.717) is 17.3 Å². The summed E-state index contributed by atoms with van der Waals surface area (Å²) in [6.45, 7) is 0.365. The first-order valence-electron chi connectivity index (χ1n) is 6.85. The third kappa shape index (κ3) is 4.15. The van der Waals surface area contributed by atoms with Crippen molar-refractivity contribution in [2.45, 2.75) is 13.0 Å². The van der Waals surface area contributed by atoms with E-state index in [1.807, 2.05) is 36.4 Å². The number of hydrogen-bond acceptors (Lipinski definition) is 3. The summed E-state index contributed by atoms with van der Waals surface area (Å²) in [4.78, 5) is 12.1. The van der Waals surface area contributed by atoms with Crippen LogP contribution in [0.25, 0.3) is 0 Å². The van der Waals surface area contributed by atoms with E-state index in [9.17, 15) is 4.79 Å². The maximum absolute atomic E-state index is 12.1. The molecule has 2 aromatic carbocycles. The van der Waals surface area contributed by atoms with Gasteiger partial charge in [-0.15, -0.1) is 0 Å². The molecule has 0 radical (unpaired) electrons. The highest BCUT2D eigenvalue weighted by atomic mass is 35.5. The van der Waals surface area contributed by atoms with Crippen molar-refractivity contribution >= 4 is 17.5 Å². The first-order valence-corrected chi connectivity index (χ1v) is 7.23. The quantitative estimate of drug-likeness (QED) is 0.889. The molecule has 116 valence electrons. The van der Waals surface area contributed by atoms with Gasteiger partial charge >= 0.3 is 0 Å². The van der Waals surface area contributed by atoms with Crippen LogP contribution in [0.3, 0.4) is 0 Å². The fraction of sp³-hybridized carbons (Fsp3) is 0.235. The van der Waals surface area contributed by atoms with Gasteiger partial charge in [0.25, 0.3) is 0 Å². The van der Waals surface area contributed by atoms with Gasteiger partial charge in [-0.2, -0.15) is 0 Å². The van der Waals surface area contributed by atoms with Gasteiger partial charge < -0.3 is 14.8 Å². The minimum absolute atomic E-state index is 0.0991. The molecule has 0 saturated carbocycles. The first kappa shape index (κ1) is 16.2.